The Hall–Kier alpha value is -2.22. The van der Waals surface area contributed by atoms with E-state index in [4.69, 9.17) is 5.26 Å². The molecule has 68 valence electrons. The van der Waals surface area contributed by atoms with Crippen molar-refractivity contribution in [3.63, 3.8) is 0 Å². The second-order valence-corrected chi connectivity index (χ2v) is 2.74. The van der Waals surface area contributed by atoms with Crippen LogP contribution in [0.2, 0.25) is 0 Å². The molecule has 0 spiro atoms. The van der Waals surface area contributed by atoms with Gasteiger partial charge in [0.25, 0.3) is 0 Å². The molecule has 1 aromatic rings. The lowest BCUT2D eigenvalue weighted by molar-refractivity contribution is 0.735. The van der Waals surface area contributed by atoms with Gasteiger partial charge < -0.3 is 0 Å². The predicted molar refractivity (Wildman–Crippen MR) is 51.6 cm³/mol. The maximum Gasteiger partial charge on any atom is 0.226 e. The molecular formula is C9H7N5. The Bertz CT molecular complexity index is 403. The first-order valence-electron chi connectivity index (χ1n) is 4.04. The van der Waals surface area contributed by atoms with E-state index in [2.05, 4.69) is 26.6 Å². The van der Waals surface area contributed by atoms with Gasteiger partial charge in [0.05, 0.1) is 11.9 Å². The van der Waals surface area contributed by atoms with Crippen LogP contribution in [0, 0.1) is 11.3 Å². The van der Waals surface area contributed by atoms with Gasteiger partial charge in [-0.3, -0.25) is 10.4 Å². The van der Waals surface area contributed by atoms with Crippen LogP contribution in [0.4, 0.5) is 0 Å². The van der Waals surface area contributed by atoms with Crippen molar-refractivity contribution in [3.8, 4) is 6.07 Å². The minimum atomic E-state index is -1.08. The minimum Gasteiger partial charge on any atom is -0.268 e. The van der Waals surface area contributed by atoms with Gasteiger partial charge in [0.1, 0.15) is 12.4 Å². The van der Waals surface area contributed by atoms with Crippen LogP contribution < -0.4 is 5.43 Å². The summed E-state index contributed by atoms with van der Waals surface area (Å²) in [6.45, 7) is 0. The van der Waals surface area contributed by atoms with Gasteiger partial charge in [0.15, 0.2) is 0 Å². The van der Waals surface area contributed by atoms with Gasteiger partial charge in [-0.2, -0.15) is 10.4 Å². The number of aliphatic imine (C=N–C) groups is 1. The van der Waals surface area contributed by atoms with E-state index < -0.39 is 5.54 Å². The number of nitrogens with one attached hydrogen (secondary N) is 1. The largest absolute Gasteiger partial charge is 0.268 e. The van der Waals surface area contributed by atoms with Gasteiger partial charge in [0, 0.05) is 6.20 Å². The summed E-state index contributed by atoms with van der Waals surface area (Å²) in [4.78, 5) is 8.13. The Morgan fingerprint density at radius 1 is 1.43 bits per heavy atom. The van der Waals surface area contributed by atoms with Crippen LogP contribution in [0.5, 0.6) is 0 Å². The van der Waals surface area contributed by atoms with Crippen molar-refractivity contribution >= 4 is 12.6 Å². The molecule has 0 amide bonds. The van der Waals surface area contributed by atoms with Crippen LogP contribution in [0.25, 0.3) is 0 Å². The Kier molecular flexibility index (Phi) is 1.95. The summed E-state index contributed by atoms with van der Waals surface area (Å²) in [6.07, 6.45) is 4.45. The third-order valence-corrected chi connectivity index (χ3v) is 1.88. The fourth-order valence-electron chi connectivity index (χ4n) is 1.16. The number of pyridine rings is 1. The van der Waals surface area contributed by atoms with E-state index >= 15 is 0 Å². The van der Waals surface area contributed by atoms with Crippen molar-refractivity contribution in [2.45, 2.75) is 5.54 Å². The van der Waals surface area contributed by atoms with Gasteiger partial charge in [-0.1, -0.05) is 6.07 Å². The zero-order valence-electron chi connectivity index (χ0n) is 7.25. The van der Waals surface area contributed by atoms with Crippen molar-refractivity contribution in [1.82, 2.24) is 10.4 Å². The van der Waals surface area contributed by atoms with Crippen molar-refractivity contribution in [2.24, 2.45) is 10.1 Å². The quantitative estimate of drug-likeness (QED) is 0.689. The molecule has 0 bridgehead atoms. The minimum absolute atomic E-state index is 0.573. The maximum atomic E-state index is 9.07. The van der Waals surface area contributed by atoms with E-state index in [0.717, 1.165) is 0 Å². The lowest BCUT2D eigenvalue weighted by atomic mass is 9.99. The van der Waals surface area contributed by atoms with Crippen LogP contribution in [-0.2, 0) is 5.54 Å². The summed E-state index contributed by atoms with van der Waals surface area (Å²) < 4.78 is 0. The molecule has 0 saturated carbocycles. The van der Waals surface area contributed by atoms with Gasteiger partial charge in [-0.05, 0) is 12.1 Å². The SMILES string of the molecule is N#CC1(c2ccccn2)C=NNC=N1. The highest BCUT2D eigenvalue weighted by molar-refractivity contribution is 5.81. The summed E-state index contributed by atoms with van der Waals surface area (Å²) in [5.41, 5.74) is 2.04. The predicted octanol–water partition coefficient (Wildman–Crippen LogP) is 0.418. The van der Waals surface area contributed by atoms with E-state index in [-0.39, 0.29) is 0 Å². The molecule has 1 N–H and O–H groups in total. The maximum absolute atomic E-state index is 9.07. The highest BCUT2D eigenvalue weighted by Crippen LogP contribution is 2.21. The molecule has 2 rings (SSSR count). The molecule has 1 aliphatic rings. The van der Waals surface area contributed by atoms with Crippen LogP contribution >= 0.6 is 0 Å². The zero-order chi connectivity index (χ0) is 9.86. The van der Waals surface area contributed by atoms with Gasteiger partial charge in [-0.15, -0.1) is 0 Å². The molecule has 0 fully saturated rings. The van der Waals surface area contributed by atoms with E-state index in [0.29, 0.717) is 5.69 Å². The summed E-state index contributed by atoms with van der Waals surface area (Å²) in [7, 11) is 0. The third-order valence-electron chi connectivity index (χ3n) is 1.88. The number of hydrazone groups is 1. The lowest BCUT2D eigenvalue weighted by Gasteiger charge is -2.18. The van der Waals surface area contributed by atoms with Gasteiger partial charge in [0.2, 0.25) is 5.54 Å². The molecule has 0 aromatic carbocycles. The molecule has 1 atom stereocenters. The Labute approximate surface area is 80.8 Å². The van der Waals surface area contributed by atoms with E-state index in [1.165, 1.54) is 12.6 Å². The van der Waals surface area contributed by atoms with E-state index in [9.17, 15) is 0 Å². The Morgan fingerprint density at radius 2 is 2.36 bits per heavy atom. The number of nitriles is 1. The smallest absolute Gasteiger partial charge is 0.226 e. The van der Waals surface area contributed by atoms with Gasteiger partial charge in [-0.25, -0.2) is 4.99 Å². The van der Waals surface area contributed by atoms with Gasteiger partial charge >= 0.3 is 0 Å². The first-order chi connectivity index (χ1) is 6.87. The van der Waals surface area contributed by atoms with Crippen LogP contribution in [0.3, 0.4) is 0 Å². The summed E-state index contributed by atoms with van der Waals surface area (Å²) in [6, 6.07) is 7.43. The zero-order valence-corrected chi connectivity index (χ0v) is 7.25. The molecule has 0 saturated heterocycles. The summed E-state index contributed by atoms with van der Waals surface area (Å²) in [5, 5.41) is 12.9. The number of hydrogen-bond acceptors (Lipinski definition) is 5. The molecule has 1 unspecified atom stereocenters. The number of nitrogens with zero attached hydrogens (tertiary/aromatic N) is 4. The first-order valence-corrected chi connectivity index (χ1v) is 4.04. The molecule has 0 aliphatic carbocycles. The molecule has 1 aliphatic heterocycles. The first kappa shape index (κ1) is 8.38. The third kappa shape index (κ3) is 1.23. The molecule has 14 heavy (non-hydrogen) atoms. The lowest BCUT2D eigenvalue weighted by Crippen LogP contribution is -2.30. The summed E-state index contributed by atoms with van der Waals surface area (Å²) >= 11 is 0. The molecular weight excluding hydrogens is 178 g/mol. The van der Waals surface area contributed by atoms with E-state index in [1.807, 2.05) is 6.07 Å². The second-order valence-electron chi connectivity index (χ2n) is 2.74. The average Bonchev–Trinajstić information content (AvgIpc) is 2.31. The second kappa shape index (κ2) is 3.26. The fraction of sp³-hybridized carbons (Fsp3) is 0.111. The van der Waals surface area contributed by atoms with Crippen molar-refractivity contribution in [2.75, 3.05) is 0 Å². The Balaban J connectivity index is 2.49. The van der Waals surface area contributed by atoms with Crippen LogP contribution in [0.1, 0.15) is 5.69 Å². The standard InChI is InChI=1S/C9H7N5/c10-5-9(6-13-14-7-12-9)8-3-1-2-4-11-8/h1-4,6-7H,(H,12,14). The Morgan fingerprint density at radius 3 is 2.93 bits per heavy atom. The molecule has 1 aromatic heterocycles. The number of aromatic nitrogens is 1. The normalized spacial score (nSPS) is 23.9. The topological polar surface area (TPSA) is 73.4 Å². The highest BCUT2D eigenvalue weighted by atomic mass is 15.3. The number of rotatable bonds is 1. The number of hydrogen-bond donors (Lipinski definition) is 1. The molecule has 2 heterocycles. The fourth-order valence-corrected chi connectivity index (χ4v) is 1.16. The average molecular weight is 185 g/mol. The summed E-state index contributed by atoms with van der Waals surface area (Å²) in [5.74, 6) is 0. The van der Waals surface area contributed by atoms with E-state index in [1.54, 1.807) is 18.3 Å². The van der Waals surface area contributed by atoms with Crippen LogP contribution in [0.15, 0.2) is 34.5 Å². The van der Waals surface area contributed by atoms with Crippen molar-refractivity contribution < 1.29 is 0 Å². The van der Waals surface area contributed by atoms with Crippen LogP contribution in [-0.4, -0.2) is 17.5 Å². The molecule has 5 heteroatoms. The van der Waals surface area contributed by atoms with Crippen molar-refractivity contribution in [3.05, 3.63) is 30.1 Å². The molecule has 0 radical (unpaired) electrons. The monoisotopic (exact) mass is 185 g/mol. The van der Waals surface area contributed by atoms with Crippen molar-refractivity contribution in [1.29, 1.82) is 5.26 Å². The molecule has 5 nitrogen and oxygen atoms in total. The highest BCUT2D eigenvalue weighted by Gasteiger charge is 2.32.